The van der Waals surface area contributed by atoms with Crippen molar-refractivity contribution in [3.05, 3.63) is 45.9 Å². The summed E-state index contributed by atoms with van der Waals surface area (Å²) in [5, 5.41) is 23.5. The number of H-pyrrole nitrogens is 1. The predicted octanol–water partition coefficient (Wildman–Crippen LogP) is 3.74. The molecule has 0 fully saturated rings. The van der Waals surface area contributed by atoms with Gasteiger partial charge in [0.15, 0.2) is 17.1 Å². The van der Waals surface area contributed by atoms with Gasteiger partial charge >= 0.3 is 0 Å². The molecule has 4 aromatic rings. The summed E-state index contributed by atoms with van der Waals surface area (Å²) in [4.78, 5) is 7.61. The van der Waals surface area contributed by atoms with Crippen molar-refractivity contribution in [1.29, 1.82) is 0 Å². The molecule has 9 heteroatoms. The number of fused-ring (bicyclic) bond motifs is 3. The largest absolute Gasteiger partial charge is 0.504 e. The maximum Gasteiger partial charge on any atom is 0.265 e. The number of hydrogen-bond donors (Lipinski definition) is 3. The molecule has 0 saturated carbocycles. The predicted molar refractivity (Wildman–Crippen MR) is 108 cm³/mol. The molecule has 0 atom stereocenters. The number of anilines is 1. The molecular formula is C18H15BrN6O2. The Balaban J connectivity index is 1.62. The number of ether oxygens (including phenoxy) is 1. The van der Waals surface area contributed by atoms with Crippen LogP contribution in [0.4, 0.5) is 5.95 Å². The van der Waals surface area contributed by atoms with Gasteiger partial charge in [-0.3, -0.25) is 0 Å². The van der Waals surface area contributed by atoms with Crippen LogP contribution in [0.2, 0.25) is 0 Å². The highest BCUT2D eigenvalue weighted by molar-refractivity contribution is 9.10. The lowest BCUT2D eigenvalue weighted by Crippen LogP contribution is -1.99. The molecule has 3 N–H and O–H groups in total. The number of hydrogen-bond acceptors (Lipinski definition) is 7. The summed E-state index contributed by atoms with van der Waals surface area (Å²) >= 11 is 3.36. The number of benzene rings is 2. The Bertz CT molecular complexity index is 1190. The number of phenolic OH excluding ortho intramolecular Hbond substituents is 1. The zero-order chi connectivity index (χ0) is 19.0. The zero-order valence-electron chi connectivity index (χ0n) is 14.5. The highest BCUT2D eigenvalue weighted by Crippen LogP contribution is 2.32. The lowest BCUT2D eigenvalue weighted by Gasteiger charge is -2.06. The first-order chi connectivity index (χ1) is 13.0. The molecule has 2 aromatic heterocycles. The highest BCUT2D eigenvalue weighted by Gasteiger charge is 2.10. The number of aryl methyl sites for hydroxylation is 1. The number of aromatic nitrogens is 4. The van der Waals surface area contributed by atoms with E-state index < -0.39 is 0 Å². The number of aromatic hydroxyl groups is 1. The van der Waals surface area contributed by atoms with Gasteiger partial charge in [-0.05, 0) is 31.2 Å². The summed E-state index contributed by atoms with van der Waals surface area (Å²) in [5.41, 5.74) is 6.61. The van der Waals surface area contributed by atoms with E-state index in [1.165, 1.54) is 13.3 Å². The van der Waals surface area contributed by atoms with Gasteiger partial charge in [0, 0.05) is 20.9 Å². The number of halogens is 1. The zero-order valence-corrected chi connectivity index (χ0v) is 16.1. The Morgan fingerprint density at radius 3 is 2.93 bits per heavy atom. The maximum atomic E-state index is 10.1. The third-order valence-electron chi connectivity index (χ3n) is 4.03. The highest BCUT2D eigenvalue weighted by atomic mass is 79.9. The van der Waals surface area contributed by atoms with Crippen LogP contribution in [0, 0.1) is 6.92 Å². The van der Waals surface area contributed by atoms with Gasteiger partial charge in [-0.2, -0.15) is 10.1 Å². The topological polar surface area (TPSA) is 108 Å². The van der Waals surface area contributed by atoms with E-state index >= 15 is 0 Å². The van der Waals surface area contributed by atoms with E-state index in [-0.39, 0.29) is 11.7 Å². The minimum Gasteiger partial charge on any atom is -0.504 e. The van der Waals surface area contributed by atoms with E-state index in [1.54, 1.807) is 12.1 Å². The number of hydrazone groups is 1. The third kappa shape index (κ3) is 3.28. The smallest absolute Gasteiger partial charge is 0.265 e. The van der Waals surface area contributed by atoms with E-state index in [9.17, 15) is 5.11 Å². The quantitative estimate of drug-likeness (QED) is 0.338. The van der Waals surface area contributed by atoms with Crippen molar-refractivity contribution in [1.82, 2.24) is 20.2 Å². The van der Waals surface area contributed by atoms with Crippen molar-refractivity contribution < 1.29 is 9.84 Å². The molecule has 0 saturated heterocycles. The summed E-state index contributed by atoms with van der Waals surface area (Å²) in [6.45, 7) is 2.02. The molecule has 0 unspecified atom stereocenters. The van der Waals surface area contributed by atoms with Gasteiger partial charge in [0.2, 0.25) is 0 Å². The number of rotatable bonds is 4. The van der Waals surface area contributed by atoms with Gasteiger partial charge < -0.3 is 14.8 Å². The SMILES string of the molecule is COc1cc(Br)cc(/C=N/Nc2nnc3c(n2)[nH]c2ccc(C)cc23)c1O. The number of phenols is 1. The monoisotopic (exact) mass is 426 g/mol. The first-order valence-corrected chi connectivity index (χ1v) is 8.83. The molecule has 2 aromatic carbocycles. The molecule has 0 aliphatic heterocycles. The fraction of sp³-hybridized carbons (Fsp3) is 0.111. The van der Waals surface area contributed by atoms with Crippen molar-refractivity contribution in [3.63, 3.8) is 0 Å². The van der Waals surface area contributed by atoms with E-state index in [0.717, 1.165) is 20.9 Å². The Hall–Kier alpha value is -3.20. The summed E-state index contributed by atoms with van der Waals surface area (Å²) in [6, 6.07) is 9.43. The average molecular weight is 427 g/mol. The Labute approximate surface area is 162 Å². The van der Waals surface area contributed by atoms with Crippen LogP contribution in [0.3, 0.4) is 0 Å². The first kappa shape index (κ1) is 17.2. The molecule has 8 nitrogen and oxygen atoms in total. The van der Waals surface area contributed by atoms with Gasteiger partial charge in [0.1, 0.15) is 5.52 Å². The number of nitrogens with one attached hydrogen (secondary N) is 2. The fourth-order valence-corrected chi connectivity index (χ4v) is 3.19. The molecule has 0 spiro atoms. The standard InChI is InChI=1S/C18H15BrN6O2/c1-9-3-4-13-12(5-9)15-17(21-13)22-18(25-23-15)24-20-8-10-6-11(19)7-14(27-2)16(10)26/h3-8,26H,1-2H3,(H2,21,22,24,25)/b20-8+. The van der Waals surface area contributed by atoms with Gasteiger partial charge in [0.05, 0.1) is 13.3 Å². The Morgan fingerprint density at radius 2 is 2.11 bits per heavy atom. The van der Waals surface area contributed by atoms with Crippen LogP contribution in [0.1, 0.15) is 11.1 Å². The van der Waals surface area contributed by atoms with Crippen molar-refractivity contribution in [3.8, 4) is 11.5 Å². The van der Waals surface area contributed by atoms with Crippen molar-refractivity contribution >= 4 is 50.2 Å². The van der Waals surface area contributed by atoms with Gasteiger partial charge in [-0.1, -0.05) is 27.6 Å². The van der Waals surface area contributed by atoms with Crippen molar-refractivity contribution in [2.24, 2.45) is 5.10 Å². The van der Waals surface area contributed by atoms with E-state index in [0.29, 0.717) is 22.5 Å². The lowest BCUT2D eigenvalue weighted by atomic mass is 10.2. The van der Waals surface area contributed by atoms with Gasteiger partial charge in [-0.15, -0.1) is 10.2 Å². The molecule has 2 heterocycles. The molecule has 4 rings (SSSR count). The fourth-order valence-electron chi connectivity index (χ4n) is 2.74. The van der Waals surface area contributed by atoms with Gasteiger partial charge in [0.25, 0.3) is 5.95 Å². The molecule has 27 heavy (non-hydrogen) atoms. The van der Waals surface area contributed by atoms with E-state index in [1.807, 2.05) is 25.1 Å². The van der Waals surface area contributed by atoms with E-state index in [2.05, 4.69) is 46.6 Å². The normalized spacial score (nSPS) is 11.5. The second-order valence-corrected chi connectivity index (χ2v) is 6.84. The minimum absolute atomic E-state index is 0.00765. The number of nitrogens with zero attached hydrogens (tertiary/aromatic N) is 4. The first-order valence-electron chi connectivity index (χ1n) is 8.03. The summed E-state index contributed by atoms with van der Waals surface area (Å²) in [7, 11) is 1.48. The third-order valence-corrected chi connectivity index (χ3v) is 4.49. The Kier molecular flexibility index (Phi) is 4.36. The summed E-state index contributed by atoms with van der Waals surface area (Å²) in [6.07, 6.45) is 1.45. The minimum atomic E-state index is -0.00765. The van der Waals surface area contributed by atoms with Crippen LogP contribution in [-0.2, 0) is 0 Å². The Morgan fingerprint density at radius 1 is 1.26 bits per heavy atom. The van der Waals surface area contributed by atoms with Crippen LogP contribution in [0.5, 0.6) is 11.5 Å². The second-order valence-electron chi connectivity index (χ2n) is 5.92. The van der Waals surface area contributed by atoms with Crippen LogP contribution in [0.25, 0.3) is 22.1 Å². The van der Waals surface area contributed by atoms with Crippen LogP contribution in [-0.4, -0.2) is 38.6 Å². The van der Waals surface area contributed by atoms with Crippen molar-refractivity contribution in [2.45, 2.75) is 6.92 Å². The molecule has 0 bridgehead atoms. The molecule has 136 valence electrons. The molecular weight excluding hydrogens is 412 g/mol. The molecule has 0 amide bonds. The molecule has 0 aliphatic carbocycles. The van der Waals surface area contributed by atoms with Crippen molar-refractivity contribution in [2.75, 3.05) is 12.5 Å². The molecule has 0 radical (unpaired) electrons. The van der Waals surface area contributed by atoms with Crippen LogP contribution in [0.15, 0.2) is 39.9 Å². The molecule has 0 aliphatic rings. The summed E-state index contributed by atoms with van der Waals surface area (Å²) in [5.74, 6) is 0.578. The van der Waals surface area contributed by atoms with Crippen LogP contribution >= 0.6 is 15.9 Å². The van der Waals surface area contributed by atoms with Crippen LogP contribution < -0.4 is 10.2 Å². The lowest BCUT2D eigenvalue weighted by molar-refractivity contribution is 0.373. The van der Waals surface area contributed by atoms with E-state index in [4.69, 9.17) is 4.74 Å². The average Bonchev–Trinajstić information content (AvgIpc) is 3.01. The second kappa shape index (κ2) is 6.84. The summed E-state index contributed by atoms with van der Waals surface area (Å²) < 4.78 is 5.87. The number of methoxy groups -OCH3 is 1. The maximum absolute atomic E-state index is 10.1. The van der Waals surface area contributed by atoms with Gasteiger partial charge in [-0.25, -0.2) is 5.43 Å². The number of aromatic amines is 1.